The van der Waals surface area contributed by atoms with Crippen LogP contribution in [0.3, 0.4) is 0 Å². The molecule has 2 heterocycles. The molecule has 8 aromatic carbocycles. The third-order valence-corrected chi connectivity index (χ3v) is 11.0. The number of likely N-dealkylation sites (N-methyl/N-ethyl adjacent to an activating group) is 1. The predicted octanol–water partition coefficient (Wildman–Crippen LogP) is 15.1. The van der Waals surface area contributed by atoms with Crippen LogP contribution in [0.5, 0.6) is 0 Å². The maximum Gasteiger partial charge on any atom is 0.0561 e. The van der Waals surface area contributed by atoms with Gasteiger partial charge in [-0.1, -0.05) is 140 Å². The zero-order valence-corrected chi connectivity index (χ0v) is 33.9. The number of anilines is 4. The van der Waals surface area contributed by atoms with Crippen molar-refractivity contribution in [2.24, 2.45) is 0 Å². The summed E-state index contributed by atoms with van der Waals surface area (Å²) in [6.45, 7) is 5.73. The fraction of sp³-hybridized carbons (Fsp3) is 0.0357. The van der Waals surface area contributed by atoms with Crippen LogP contribution in [0.1, 0.15) is 6.92 Å². The maximum absolute atomic E-state index is 3.72. The zero-order chi connectivity index (χ0) is 40.8. The van der Waals surface area contributed by atoms with E-state index in [2.05, 4.69) is 220 Å². The first-order valence-electron chi connectivity index (χ1n) is 20.4. The SMILES string of the molecule is C=C/C=C(\C=C/C)N(C)c1ccccc1.c1ccc(N(c2ccccc2)c2ccc3c4ccccc4n(-c4cccc(-n5c6ccccc6c6ccccc65)c4)c3c2)cc1. The molecule has 0 N–H and O–H groups in total. The number of para-hydroxylation sites is 6. The van der Waals surface area contributed by atoms with Crippen molar-refractivity contribution in [1.29, 1.82) is 0 Å². The number of nitrogens with zero attached hydrogens (tertiary/aromatic N) is 4. The van der Waals surface area contributed by atoms with Gasteiger partial charge in [0, 0.05) is 68.4 Å². The Balaban J connectivity index is 0.000000263. The molecule has 60 heavy (non-hydrogen) atoms. The Morgan fingerprint density at radius 3 is 1.35 bits per heavy atom. The topological polar surface area (TPSA) is 16.3 Å². The van der Waals surface area contributed by atoms with E-state index in [1.165, 1.54) is 49.3 Å². The third-order valence-electron chi connectivity index (χ3n) is 11.0. The first-order valence-corrected chi connectivity index (χ1v) is 20.4. The molecule has 0 unspecified atom stereocenters. The van der Waals surface area contributed by atoms with Gasteiger partial charge in [0.2, 0.25) is 0 Å². The molecule has 0 amide bonds. The Morgan fingerprint density at radius 1 is 0.433 bits per heavy atom. The molecule has 10 aromatic rings. The summed E-state index contributed by atoms with van der Waals surface area (Å²) in [5.41, 5.74) is 12.7. The van der Waals surface area contributed by atoms with Crippen molar-refractivity contribution in [3.05, 3.63) is 243 Å². The van der Waals surface area contributed by atoms with Crippen LogP contribution in [0.4, 0.5) is 22.7 Å². The number of rotatable bonds is 9. The molecule has 0 atom stereocenters. The van der Waals surface area contributed by atoms with E-state index < -0.39 is 0 Å². The average Bonchev–Trinajstić information content (AvgIpc) is 3.83. The van der Waals surface area contributed by atoms with E-state index >= 15 is 0 Å². The normalized spacial score (nSPS) is 11.6. The number of hydrogen-bond donors (Lipinski definition) is 0. The monoisotopic (exact) mass is 774 g/mol. The maximum atomic E-state index is 3.72. The summed E-state index contributed by atoms with van der Waals surface area (Å²) in [5, 5.41) is 5.01. The van der Waals surface area contributed by atoms with Gasteiger partial charge >= 0.3 is 0 Å². The molecular formula is C56H46N4. The van der Waals surface area contributed by atoms with Gasteiger partial charge in [0.15, 0.2) is 0 Å². The molecule has 0 aliphatic carbocycles. The van der Waals surface area contributed by atoms with Crippen molar-refractivity contribution in [2.45, 2.75) is 6.92 Å². The Labute approximate surface area is 352 Å². The minimum atomic E-state index is 1.11. The lowest BCUT2D eigenvalue weighted by molar-refractivity contribution is 1.13. The minimum absolute atomic E-state index is 1.11. The van der Waals surface area contributed by atoms with E-state index in [1.807, 2.05) is 44.3 Å². The molecule has 0 radical (unpaired) electrons. The molecule has 4 nitrogen and oxygen atoms in total. The first-order chi connectivity index (χ1) is 29.6. The van der Waals surface area contributed by atoms with Crippen LogP contribution < -0.4 is 9.80 Å². The van der Waals surface area contributed by atoms with Gasteiger partial charge in [-0.3, -0.25) is 0 Å². The van der Waals surface area contributed by atoms with Crippen LogP contribution in [0.2, 0.25) is 0 Å². The van der Waals surface area contributed by atoms with E-state index in [1.54, 1.807) is 6.08 Å². The number of benzene rings is 8. The van der Waals surface area contributed by atoms with Crippen LogP contribution in [-0.4, -0.2) is 16.2 Å². The fourth-order valence-corrected chi connectivity index (χ4v) is 8.32. The standard InChI is InChI=1S/C42H29N3.C14H17N/c1-3-14-30(15-4-1)43(31-16-5-2-6-17-31)34-26-27-38-37-22-9-12-25-41(37)45(42(38)29-34)33-19-13-18-32(28-33)44-39-23-10-7-20-35(39)36-21-8-11-24-40(36)44;1-4-9-13(10-5-2)15(3)14-11-7-6-8-12-14/h1-29H;4-12H,1H2,2-3H3/b;10-5-,13-9+. The summed E-state index contributed by atoms with van der Waals surface area (Å²) in [5.74, 6) is 0. The molecule has 0 fully saturated rings. The highest BCUT2D eigenvalue weighted by atomic mass is 15.1. The van der Waals surface area contributed by atoms with Gasteiger partial charge in [0.05, 0.1) is 22.1 Å². The van der Waals surface area contributed by atoms with Crippen molar-refractivity contribution < 1.29 is 0 Å². The second-order valence-electron chi connectivity index (χ2n) is 14.7. The van der Waals surface area contributed by atoms with Crippen LogP contribution in [0.15, 0.2) is 243 Å². The first kappa shape index (κ1) is 37.7. The molecule has 0 saturated carbocycles. The molecule has 2 aromatic heterocycles. The number of fused-ring (bicyclic) bond motifs is 6. The summed E-state index contributed by atoms with van der Waals surface area (Å²) in [6.07, 6.45) is 7.88. The average molecular weight is 775 g/mol. The van der Waals surface area contributed by atoms with Crippen LogP contribution in [-0.2, 0) is 0 Å². The summed E-state index contributed by atoms with van der Waals surface area (Å²) < 4.78 is 4.81. The lowest BCUT2D eigenvalue weighted by atomic mass is 10.1. The third kappa shape index (κ3) is 7.16. The lowest BCUT2D eigenvalue weighted by Crippen LogP contribution is -2.14. The number of allylic oxidation sites excluding steroid dienone is 4. The second-order valence-corrected chi connectivity index (χ2v) is 14.7. The van der Waals surface area contributed by atoms with Gasteiger partial charge in [-0.2, -0.15) is 0 Å². The Hall–Kier alpha value is -7.82. The van der Waals surface area contributed by atoms with E-state index in [9.17, 15) is 0 Å². The van der Waals surface area contributed by atoms with Crippen molar-refractivity contribution in [3.8, 4) is 11.4 Å². The van der Waals surface area contributed by atoms with Gasteiger partial charge in [-0.05, 0) is 104 Å². The lowest BCUT2D eigenvalue weighted by Gasteiger charge is -2.25. The molecule has 0 bridgehead atoms. The largest absolute Gasteiger partial charge is 0.345 e. The van der Waals surface area contributed by atoms with Crippen LogP contribution in [0.25, 0.3) is 55.0 Å². The van der Waals surface area contributed by atoms with E-state index in [-0.39, 0.29) is 0 Å². The van der Waals surface area contributed by atoms with Gasteiger partial charge in [-0.15, -0.1) is 0 Å². The molecule has 0 aliphatic rings. The molecule has 0 saturated heterocycles. The van der Waals surface area contributed by atoms with E-state index in [4.69, 9.17) is 0 Å². The summed E-state index contributed by atoms with van der Waals surface area (Å²) in [7, 11) is 2.05. The zero-order valence-electron chi connectivity index (χ0n) is 33.9. The summed E-state index contributed by atoms with van der Waals surface area (Å²) in [6, 6.07) is 73.4. The van der Waals surface area contributed by atoms with Gasteiger partial charge in [0.25, 0.3) is 0 Å². The molecule has 0 spiro atoms. The molecule has 10 rings (SSSR count). The van der Waals surface area contributed by atoms with E-state index in [0.717, 1.165) is 34.1 Å². The van der Waals surface area contributed by atoms with Gasteiger partial charge < -0.3 is 18.9 Å². The van der Waals surface area contributed by atoms with E-state index in [0.29, 0.717) is 0 Å². The Kier molecular flexibility index (Phi) is 10.7. The molecular weight excluding hydrogens is 729 g/mol. The number of aromatic nitrogens is 2. The summed E-state index contributed by atoms with van der Waals surface area (Å²) >= 11 is 0. The van der Waals surface area contributed by atoms with Crippen molar-refractivity contribution in [1.82, 2.24) is 9.13 Å². The highest BCUT2D eigenvalue weighted by Gasteiger charge is 2.18. The van der Waals surface area contributed by atoms with Gasteiger partial charge in [-0.25, -0.2) is 0 Å². The summed E-state index contributed by atoms with van der Waals surface area (Å²) in [4.78, 5) is 4.46. The molecule has 4 heteroatoms. The smallest absolute Gasteiger partial charge is 0.0561 e. The van der Waals surface area contributed by atoms with Crippen molar-refractivity contribution in [3.63, 3.8) is 0 Å². The Bertz CT molecular complexity index is 3040. The van der Waals surface area contributed by atoms with Gasteiger partial charge in [0.1, 0.15) is 0 Å². The number of hydrogen-bond acceptors (Lipinski definition) is 2. The quantitative estimate of drug-likeness (QED) is 0.136. The fourth-order valence-electron chi connectivity index (χ4n) is 8.32. The Morgan fingerprint density at radius 2 is 0.867 bits per heavy atom. The van der Waals surface area contributed by atoms with Crippen LogP contribution >= 0.6 is 0 Å². The van der Waals surface area contributed by atoms with Crippen molar-refractivity contribution in [2.75, 3.05) is 16.8 Å². The highest BCUT2D eigenvalue weighted by molar-refractivity contribution is 6.11. The van der Waals surface area contributed by atoms with Crippen LogP contribution in [0, 0.1) is 0 Å². The second kappa shape index (κ2) is 17.0. The van der Waals surface area contributed by atoms with Crippen molar-refractivity contribution >= 4 is 66.4 Å². The highest BCUT2D eigenvalue weighted by Crippen LogP contribution is 2.40. The molecule has 290 valence electrons. The molecule has 0 aliphatic heterocycles. The minimum Gasteiger partial charge on any atom is -0.345 e. The predicted molar refractivity (Wildman–Crippen MR) is 258 cm³/mol.